The van der Waals surface area contributed by atoms with E-state index in [0.29, 0.717) is 6.54 Å². The molecule has 3 nitrogen and oxygen atoms in total. The minimum atomic E-state index is 0.0774. The minimum Gasteiger partial charge on any atom is -0.358 e. The standard InChI is InChI=1S/C11H22N2O/c1-12-11(14)9-13-8-7-10-5-3-2-4-6-10/h10,13H,2-9H2,1H3,(H,12,14). The van der Waals surface area contributed by atoms with E-state index < -0.39 is 0 Å². The second-order valence-electron chi connectivity index (χ2n) is 4.14. The summed E-state index contributed by atoms with van der Waals surface area (Å²) in [7, 11) is 1.67. The molecule has 0 aromatic carbocycles. The molecule has 0 heterocycles. The van der Waals surface area contributed by atoms with E-state index in [4.69, 9.17) is 0 Å². The van der Waals surface area contributed by atoms with E-state index in [1.54, 1.807) is 7.05 Å². The van der Waals surface area contributed by atoms with Gasteiger partial charge in [-0.15, -0.1) is 0 Å². The van der Waals surface area contributed by atoms with Gasteiger partial charge in [0.2, 0.25) is 5.91 Å². The van der Waals surface area contributed by atoms with Crippen LogP contribution < -0.4 is 10.6 Å². The van der Waals surface area contributed by atoms with Crippen LogP contribution in [0, 0.1) is 5.92 Å². The summed E-state index contributed by atoms with van der Waals surface area (Å²) in [5.74, 6) is 0.981. The first-order chi connectivity index (χ1) is 6.83. The van der Waals surface area contributed by atoms with E-state index in [-0.39, 0.29) is 5.91 Å². The van der Waals surface area contributed by atoms with Crippen LogP contribution in [0.4, 0.5) is 0 Å². The zero-order chi connectivity index (χ0) is 10.2. The van der Waals surface area contributed by atoms with Crippen LogP contribution in [0.25, 0.3) is 0 Å². The highest BCUT2D eigenvalue weighted by molar-refractivity contribution is 5.77. The number of carbonyl (C=O) groups excluding carboxylic acids is 1. The van der Waals surface area contributed by atoms with Crippen LogP contribution in [0.2, 0.25) is 0 Å². The summed E-state index contributed by atoms with van der Waals surface area (Å²) in [6, 6.07) is 0. The molecule has 0 aromatic rings. The third kappa shape index (κ3) is 4.61. The number of hydrogen-bond donors (Lipinski definition) is 2. The Kier molecular flexibility index (Phi) is 5.60. The second-order valence-corrected chi connectivity index (χ2v) is 4.14. The molecule has 3 heteroatoms. The summed E-state index contributed by atoms with van der Waals surface area (Å²) in [6.07, 6.45) is 8.24. The average Bonchev–Trinajstić information content (AvgIpc) is 2.25. The first-order valence-electron chi connectivity index (χ1n) is 5.74. The SMILES string of the molecule is CNC(=O)CNCCC1CCCCC1. The quantitative estimate of drug-likeness (QED) is 0.654. The first kappa shape index (κ1) is 11.5. The van der Waals surface area contributed by atoms with E-state index in [9.17, 15) is 4.79 Å². The molecular weight excluding hydrogens is 176 g/mol. The molecule has 0 bridgehead atoms. The van der Waals surface area contributed by atoms with Gasteiger partial charge in [0.05, 0.1) is 6.54 Å². The lowest BCUT2D eigenvalue weighted by Gasteiger charge is -2.21. The molecule has 1 amide bonds. The average molecular weight is 198 g/mol. The predicted molar refractivity (Wildman–Crippen MR) is 58.1 cm³/mol. The number of hydrogen-bond acceptors (Lipinski definition) is 2. The Hall–Kier alpha value is -0.570. The minimum absolute atomic E-state index is 0.0774. The molecule has 0 spiro atoms. The number of carbonyl (C=O) groups is 1. The van der Waals surface area contributed by atoms with Gasteiger partial charge in [0.1, 0.15) is 0 Å². The smallest absolute Gasteiger partial charge is 0.233 e. The third-order valence-electron chi connectivity index (χ3n) is 3.02. The largest absolute Gasteiger partial charge is 0.358 e. The van der Waals surface area contributed by atoms with Gasteiger partial charge in [0.15, 0.2) is 0 Å². The summed E-state index contributed by atoms with van der Waals surface area (Å²) in [6.45, 7) is 1.45. The van der Waals surface area contributed by atoms with Gasteiger partial charge >= 0.3 is 0 Å². The van der Waals surface area contributed by atoms with E-state index in [2.05, 4.69) is 10.6 Å². The Morgan fingerprint density at radius 2 is 2.00 bits per heavy atom. The summed E-state index contributed by atoms with van der Waals surface area (Å²) in [5, 5.41) is 5.77. The number of nitrogens with one attached hydrogen (secondary N) is 2. The van der Waals surface area contributed by atoms with Crippen LogP contribution in [-0.2, 0) is 4.79 Å². The Balaban J connectivity index is 1.94. The predicted octanol–water partition coefficient (Wildman–Crippen LogP) is 1.29. The second kappa shape index (κ2) is 6.82. The molecule has 82 valence electrons. The van der Waals surface area contributed by atoms with Crippen molar-refractivity contribution in [3.05, 3.63) is 0 Å². The van der Waals surface area contributed by atoms with Crippen molar-refractivity contribution in [3.63, 3.8) is 0 Å². The maximum Gasteiger partial charge on any atom is 0.233 e. The molecule has 1 rings (SSSR count). The summed E-state index contributed by atoms with van der Waals surface area (Å²) in [5.41, 5.74) is 0. The Bertz CT molecular complexity index is 165. The summed E-state index contributed by atoms with van der Waals surface area (Å²) >= 11 is 0. The lowest BCUT2D eigenvalue weighted by molar-refractivity contribution is -0.119. The molecule has 0 radical (unpaired) electrons. The van der Waals surface area contributed by atoms with E-state index >= 15 is 0 Å². The Morgan fingerprint density at radius 3 is 2.64 bits per heavy atom. The van der Waals surface area contributed by atoms with Crippen LogP contribution >= 0.6 is 0 Å². The highest BCUT2D eigenvalue weighted by Gasteiger charge is 2.12. The van der Waals surface area contributed by atoms with Gasteiger partial charge in [-0.05, 0) is 18.9 Å². The summed E-state index contributed by atoms with van der Waals surface area (Å²) < 4.78 is 0. The zero-order valence-electron chi connectivity index (χ0n) is 9.14. The van der Waals surface area contributed by atoms with Gasteiger partial charge in [-0.1, -0.05) is 32.1 Å². The molecule has 0 aromatic heterocycles. The fraction of sp³-hybridized carbons (Fsp3) is 0.909. The first-order valence-corrected chi connectivity index (χ1v) is 5.74. The molecule has 14 heavy (non-hydrogen) atoms. The fourth-order valence-electron chi connectivity index (χ4n) is 2.07. The monoisotopic (exact) mass is 198 g/mol. The highest BCUT2D eigenvalue weighted by atomic mass is 16.1. The van der Waals surface area contributed by atoms with Gasteiger partial charge in [-0.2, -0.15) is 0 Å². The van der Waals surface area contributed by atoms with Gasteiger partial charge in [0, 0.05) is 7.05 Å². The topological polar surface area (TPSA) is 41.1 Å². The molecular formula is C11H22N2O. The maximum absolute atomic E-state index is 10.9. The van der Waals surface area contributed by atoms with E-state index in [1.807, 2.05) is 0 Å². The van der Waals surface area contributed by atoms with E-state index in [0.717, 1.165) is 12.5 Å². The van der Waals surface area contributed by atoms with Crippen molar-refractivity contribution in [1.29, 1.82) is 0 Å². The maximum atomic E-state index is 10.9. The lowest BCUT2D eigenvalue weighted by atomic mass is 9.87. The van der Waals surface area contributed by atoms with Crippen LogP contribution in [-0.4, -0.2) is 26.0 Å². The van der Waals surface area contributed by atoms with Crippen LogP contribution in [0.1, 0.15) is 38.5 Å². The van der Waals surface area contributed by atoms with Crippen molar-refractivity contribution in [3.8, 4) is 0 Å². The number of rotatable bonds is 5. The fourth-order valence-corrected chi connectivity index (χ4v) is 2.07. The van der Waals surface area contributed by atoms with Crippen LogP contribution in [0.5, 0.6) is 0 Å². The lowest BCUT2D eigenvalue weighted by Crippen LogP contribution is -2.32. The van der Waals surface area contributed by atoms with Crippen molar-refractivity contribution >= 4 is 5.91 Å². The van der Waals surface area contributed by atoms with E-state index in [1.165, 1.54) is 38.5 Å². The third-order valence-corrected chi connectivity index (χ3v) is 3.02. The van der Waals surface area contributed by atoms with Crippen molar-refractivity contribution in [1.82, 2.24) is 10.6 Å². The normalized spacial score (nSPS) is 18.1. The Labute approximate surface area is 86.6 Å². The van der Waals surface area contributed by atoms with Crippen LogP contribution in [0.15, 0.2) is 0 Å². The van der Waals surface area contributed by atoms with Crippen molar-refractivity contribution in [2.45, 2.75) is 38.5 Å². The molecule has 1 fully saturated rings. The molecule has 2 N–H and O–H groups in total. The molecule has 0 saturated heterocycles. The molecule has 1 aliphatic carbocycles. The molecule has 1 saturated carbocycles. The van der Waals surface area contributed by atoms with Gasteiger partial charge in [-0.25, -0.2) is 0 Å². The van der Waals surface area contributed by atoms with Gasteiger partial charge in [-0.3, -0.25) is 4.79 Å². The van der Waals surface area contributed by atoms with Gasteiger partial charge in [0.25, 0.3) is 0 Å². The molecule has 1 aliphatic rings. The number of amides is 1. The molecule has 0 unspecified atom stereocenters. The zero-order valence-corrected chi connectivity index (χ0v) is 9.14. The van der Waals surface area contributed by atoms with Crippen molar-refractivity contribution < 1.29 is 4.79 Å². The molecule has 0 aliphatic heterocycles. The van der Waals surface area contributed by atoms with Crippen LogP contribution in [0.3, 0.4) is 0 Å². The number of likely N-dealkylation sites (N-methyl/N-ethyl adjacent to an activating group) is 1. The Morgan fingerprint density at radius 1 is 1.29 bits per heavy atom. The highest BCUT2D eigenvalue weighted by Crippen LogP contribution is 2.25. The van der Waals surface area contributed by atoms with Crippen molar-refractivity contribution in [2.24, 2.45) is 5.92 Å². The van der Waals surface area contributed by atoms with Crippen molar-refractivity contribution in [2.75, 3.05) is 20.1 Å². The summed E-state index contributed by atoms with van der Waals surface area (Å²) in [4.78, 5) is 10.9. The van der Waals surface area contributed by atoms with Gasteiger partial charge < -0.3 is 10.6 Å². The molecule has 0 atom stereocenters.